The van der Waals surface area contributed by atoms with Crippen LogP contribution >= 0.6 is 0 Å². The Morgan fingerprint density at radius 2 is 1.79 bits per heavy atom. The molecule has 0 aliphatic heterocycles. The summed E-state index contributed by atoms with van der Waals surface area (Å²) in [6.45, 7) is 8.22. The fourth-order valence-electron chi connectivity index (χ4n) is 2.37. The number of likely N-dealkylation sites (N-methyl/N-ethyl adjacent to an activating group) is 1. The van der Waals surface area contributed by atoms with Gasteiger partial charge in [0.15, 0.2) is 5.69 Å². The molecule has 128 valence electrons. The number of benzene rings is 1. The number of nitrogens with zero attached hydrogens (tertiary/aromatic N) is 2. The first-order valence-corrected chi connectivity index (χ1v) is 7.82. The number of carbonyl (C=O) groups excluding carboxylic acids is 1. The van der Waals surface area contributed by atoms with Crippen molar-refractivity contribution in [3.8, 4) is 5.75 Å². The van der Waals surface area contributed by atoms with E-state index in [2.05, 4.69) is 16.0 Å². The highest BCUT2D eigenvalue weighted by Crippen LogP contribution is 2.16. The molecule has 0 atom stereocenters. The Hall–Kier alpha value is -2.63. The molecular weight excluding hydrogens is 306 g/mol. The average molecular weight is 329 g/mol. The number of hydrogen-bond acceptors (Lipinski definition) is 4. The summed E-state index contributed by atoms with van der Waals surface area (Å²) in [5.41, 5.74) is 2.99. The monoisotopic (exact) mass is 329 g/mol. The third-order valence-electron chi connectivity index (χ3n) is 3.78. The molecule has 1 amide bonds. The fourth-order valence-corrected chi connectivity index (χ4v) is 2.37. The van der Waals surface area contributed by atoms with E-state index in [1.807, 2.05) is 26.0 Å². The van der Waals surface area contributed by atoms with Crippen LogP contribution in [0, 0.1) is 27.7 Å². The van der Waals surface area contributed by atoms with Gasteiger partial charge in [0.05, 0.1) is 12.2 Å². The summed E-state index contributed by atoms with van der Waals surface area (Å²) < 4.78 is 5.70. The Kier molecular flexibility index (Phi) is 5.39. The molecule has 6 heteroatoms. The van der Waals surface area contributed by atoms with Crippen molar-refractivity contribution >= 4 is 5.91 Å². The molecule has 1 N–H and O–H groups in total. The van der Waals surface area contributed by atoms with Crippen LogP contribution in [0.4, 0.5) is 0 Å². The Labute approximate surface area is 141 Å². The van der Waals surface area contributed by atoms with Crippen molar-refractivity contribution in [1.82, 2.24) is 14.9 Å². The molecule has 0 aliphatic rings. The van der Waals surface area contributed by atoms with E-state index in [0.717, 1.165) is 16.9 Å². The maximum Gasteiger partial charge on any atom is 0.279 e. The Balaban J connectivity index is 1.99. The third-order valence-corrected chi connectivity index (χ3v) is 3.78. The molecule has 24 heavy (non-hydrogen) atoms. The predicted molar refractivity (Wildman–Crippen MR) is 92.7 cm³/mol. The zero-order valence-corrected chi connectivity index (χ0v) is 14.8. The molecule has 6 nitrogen and oxygen atoms in total. The molecule has 2 rings (SSSR count). The number of amides is 1. The normalized spacial score (nSPS) is 10.5. The van der Waals surface area contributed by atoms with Gasteiger partial charge in [-0.1, -0.05) is 6.07 Å². The van der Waals surface area contributed by atoms with E-state index in [1.165, 1.54) is 4.90 Å². The van der Waals surface area contributed by atoms with E-state index < -0.39 is 11.5 Å². The molecule has 0 radical (unpaired) electrons. The largest absolute Gasteiger partial charge is 0.492 e. The van der Waals surface area contributed by atoms with Crippen molar-refractivity contribution in [2.75, 3.05) is 20.2 Å². The van der Waals surface area contributed by atoms with Crippen molar-refractivity contribution in [2.45, 2.75) is 27.7 Å². The quantitative estimate of drug-likeness (QED) is 0.912. The molecule has 1 aromatic heterocycles. The highest BCUT2D eigenvalue weighted by atomic mass is 16.5. The molecule has 0 aliphatic carbocycles. The molecule has 0 spiro atoms. The number of nitrogens with one attached hydrogen (secondary N) is 1. The van der Waals surface area contributed by atoms with Crippen LogP contribution in [-0.4, -0.2) is 41.0 Å². The number of hydrogen-bond donors (Lipinski definition) is 1. The maximum absolute atomic E-state index is 12.4. The first-order chi connectivity index (χ1) is 11.3. The third kappa shape index (κ3) is 4.22. The summed E-state index contributed by atoms with van der Waals surface area (Å²) in [6, 6.07) is 5.97. The summed E-state index contributed by atoms with van der Waals surface area (Å²) in [5, 5.41) is 0. The molecule has 0 unspecified atom stereocenters. The molecule has 1 aromatic carbocycles. The molecule has 0 saturated heterocycles. The number of aromatic nitrogens is 2. The van der Waals surface area contributed by atoms with E-state index in [9.17, 15) is 9.59 Å². The minimum Gasteiger partial charge on any atom is -0.492 e. The standard InChI is InChI=1S/C18H23N3O3/c1-11-8-12(2)10-15(9-11)24-7-6-21(5)18(23)16-17(22)20-14(4)13(3)19-16/h8-10H,6-7H2,1-5H3,(H,20,22). The van der Waals surface area contributed by atoms with Crippen LogP contribution in [0.1, 0.15) is 33.0 Å². The topological polar surface area (TPSA) is 75.3 Å². The van der Waals surface area contributed by atoms with Gasteiger partial charge in [-0.15, -0.1) is 0 Å². The van der Waals surface area contributed by atoms with E-state index in [0.29, 0.717) is 24.5 Å². The SMILES string of the molecule is Cc1cc(C)cc(OCCN(C)C(=O)c2nc(C)c(C)[nH]c2=O)c1. The lowest BCUT2D eigenvalue weighted by atomic mass is 10.1. The van der Waals surface area contributed by atoms with Crippen molar-refractivity contribution < 1.29 is 9.53 Å². The number of carbonyl (C=O) groups is 1. The molecule has 0 fully saturated rings. The highest BCUT2D eigenvalue weighted by molar-refractivity contribution is 5.91. The fraction of sp³-hybridized carbons (Fsp3) is 0.389. The highest BCUT2D eigenvalue weighted by Gasteiger charge is 2.18. The number of aromatic amines is 1. The summed E-state index contributed by atoms with van der Waals surface area (Å²) in [5.74, 6) is 0.360. The first-order valence-electron chi connectivity index (χ1n) is 7.82. The Bertz CT molecular complexity index is 791. The van der Waals surface area contributed by atoms with Gasteiger partial charge in [-0.05, 0) is 51.0 Å². The zero-order chi connectivity index (χ0) is 17.9. The maximum atomic E-state index is 12.4. The summed E-state index contributed by atoms with van der Waals surface area (Å²) in [6.07, 6.45) is 0. The van der Waals surface area contributed by atoms with E-state index in [-0.39, 0.29) is 5.69 Å². The summed E-state index contributed by atoms with van der Waals surface area (Å²) >= 11 is 0. The zero-order valence-electron chi connectivity index (χ0n) is 14.8. The Morgan fingerprint density at radius 3 is 2.42 bits per heavy atom. The lowest BCUT2D eigenvalue weighted by molar-refractivity contribution is 0.0765. The lowest BCUT2D eigenvalue weighted by Crippen LogP contribution is -2.36. The number of ether oxygens (including phenoxy) is 1. The lowest BCUT2D eigenvalue weighted by Gasteiger charge is -2.17. The van der Waals surface area contributed by atoms with Gasteiger partial charge in [0.25, 0.3) is 11.5 Å². The summed E-state index contributed by atoms with van der Waals surface area (Å²) in [4.78, 5) is 32.5. The second kappa shape index (κ2) is 7.29. The average Bonchev–Trinajstić information content (AvgIpc) is 2.49. The number of aryl methyl sites for hydroxylation is 4. The van der Waals surface area contributed by atoms with Crippen LogP contribution in [0.3, 0.4) is 0 Å². The molecule has 0 bridgehead atoms. The van der Waals surface area contributed by atoms with Gasteiger partial charge < -0.3 is 14.6 Å². The van der Waals surface area contributed by atoms with E-state index in [4.69, 9.17) is 4.74 Å². The van der Waals surface area contributed by atoms with Gasteiger partial charge in [0.1, 0.15) is 12.4 Å². The second-order valence-corrected chi connectivity index (χ2v) is 6.02. The molecule has 0 saturated carbocycles. The summed E-state index contributed by atoms with van der Waals surface area (Å²) in [7, 11) is 1.63. The van der Waals surface area contributed by atoms with Crippen LogP contribution in [0.15, 0.2) is 23.0 Å². The predicted octanol–water partition coefficient (Wildman–Crippen LogP) is 2.15. The van der Waals surface area contributed by atoms with Gasteiger partial charge in [-0.2, -0.15) is 0 Å². The van der Waals surface area contributed by atoms with Crippen molar-refractivity contribution in [2.24, 2.45) is 0 Å². The van der Waals surface area contributed by atoms with Crippen LogP contribution in [-0.2, 0) is 0 Å². The van der Waals surface area contributed by atoms with Crippen LogP contribution in [0.2, 0.25) is 0 Å². The van der Waals surface area contributed by atoms with E-state index in [1.54, 1.807) is 20.9 Å². The van der Waals surface area contributed by atoms with Crippen molar-refractivity contribution in [1.29, 1.82) is 0 Å². The van der Waals surface area contributed by atoms with Gasteiger partial charge in [-0.3, -0.25) is 9.59 Å². The minimum atomic E-state index is -0.467. The van der Waals surface area contributed by atoms with Gasteiger partial charge in [0, 0.05) is 12.7 Å². The molecular formula is C18H23N3O3. The smallest absolute Gasteiger partial charge is 0.279 e. The number of H-pyrrole nitrogens is 1. The second-order valence-electron chi connectivity index (χ2n) is 6.02. The van der Waals surface area contributed by atoms with Crippen LogP contribution in [0.5, 0.6) is 5.75 Å². The van der Waals surface area contributed by atoms with Gasteiger partial charge in [0.2, 0.25) is 0 Å². The molecule has 2 aromatic rings. The first kappa shape index (κ1) is 17.7. The van der Waals surface area contributed by atoms with Gasteiger partial charge >= 0.3 is 0 Å². The van der Waals surface area contributed by atoms with Crippen LogP contribution in [0.25, 0.3) is 0 Å². The number of rotatable bonds is 5. The van der Waals surface area contributed by atoms with Gasteiger partial charge in [-0.25, -0.2) is 4.98 Å². The minimum absolute atomic E-state index is 0.0907. The van der Waals surface area contributed by atoms with Crippen molar-refractivity contribution in [3.05, 3.63) is 56.8 Å². The molecule has 1 heterocycles. The van der Waals surface area contributed by atoms with Crippen molar-refractivity contribution in [3.63, 3.8) is 0 Å². The Morgan fingerprint density at radius 1 is 1.17 bits per heavy atom. The van der Waals surface area contributed by atoms with Crippen LogP contribution < -0.4 is 10.3 Å². The van der Waals surface area contributed by atoms with E-state index >= 15 is 0 Å².